The maximum atomic E-state index is 12.3. The van der Waals surface area contributed by atoms with Crippen LogP contribution in [0.25, 0.3) is 0 Å². The van der Waals surface area contributed by atoms with E-state index < -0.39 is 17.9 Å². The molecule has 0 aromatic heterocycles. The maximum Gasteiger partial charge on any atom is 0.326 e. The van der Waals surface area contributed by atoms with E-state index in [4.69, 9.17) is 14.2 Å². The van der Waals surface area contributed by atoms with E-state index in [2.05, 4.69) is 5.32 Å². The Kier molecular flexibility index (Phi) is 6.43. The van der Waals surface area contributed by atoms with E-state index in [1.807, 2.05) is 0 Å². The van der Waals surface area contributed by atoms with Crippen LogP contribution in [0.15, 0.2) is 42.5 Å². The molecule has 0 saturated carbocycles. The molecule has 0 aliphatic carbocycles. The van der Waals surface area contributed by atoms with E-state index in [1.54, 1.807) is 42.5 Å². The molecule has 2 rings (SSSR count). The first-order valence-corrected chi connectivity index (χ1v) is 7.87. The fourth-order valence-corrected chi connectivity index (χ4v) is 2.52. The number of carboxylic acids is 1. The van der Waals surface area contributed by atoms with Gasteiger partial charge in [-0.2, -0.15) is 0 Å². The topological polar surface area (TPSA) is 94.1 Å². The molecule has 0 saturated heterocycles. The Morgan fingerprint density at radius 1 is 1.00 bits per heavy atom. The van der Waals surface area contributed by atoms with Crippen LogP contribution in [0, 0.1) is 0 Å². The Morgan fingerprint density at radius 3 is 2.04 bits per heavy atom. The van der Waals surface area contributed by atoms with Crippen LogP contribution in [0.1, 0.15) is 15.9 Å². The molecule has 0 spiro atoms. The number of hydrogen-bond donors (Lipinski definition) is 2. The standard InChI is InChI=1S/C19H21NO6/c1-24-15-10-12(11-16(25-2)17(15)26-3)9-14(19(22)23)20-18(21)13-7-5-4-6-8-13/h4-8,10-11,14H,9H2,1-3H3,(H,20,21)(H,22,23)/t14-/m0/s1. The third-order valence-electron chi connectivity index (χ3n) is 3.80. The van der Waals surface area contributed by atoms with Crippen molar-refractivity contribution in [2.24, 2.45) is 0 Å². The number of carbonyl (C=O) groups excluding carboxylic acids is 1. The number of amides is 1. The number of rotatable bonds is 8. The molecular formula is C19H21NO6. The molecule has 0 fully saturated rings. The molecule has 0 bridgehead atoms. The van der Waals surface area contributed by atoms with Gasteiger partial charge in [-0.3, -0.25) is 4.79 Å². The molecule has 26 heavy (non-hydrogen) atoms. The van der Waals surface area contributed by atoms with Crippen molar-refractivity contribution in [2.75, 3.05) is 21.3 Å². The highest BCUT2D eigenvalue weighted by molar-refractivity contribution is 5.96. The lowest BCUT2D eigenvalue weighted by atomic mass is 10.0. The summed E-state index contributed by atoms with van der Waals surface area (Å²) in [6.07, 6.45) is 0.0601. The van der Waals surface area contributed by atoms with E-state index in [1.165, 1.54) is 21.3 Å². The van der Waals surface area contributed by atoms with Gasteiger partial charge in [-0.05, 0) is 29.8 Å². The van der Waals surface area contributed by atoms with Crippen LogP contribution < -0.4 is 19.5 Å². The van der Waals surface area contributed by atoms with Gasteiger partial charge in [-0.1, -0.05) is 18.2 Å². The van der Waals surface area contributed by atoms with Crippen molar-refractivity contribution < 1.29 is 28.9 Å². The summed E-state index contributed by atoms with van der Waals surface area (Å²) in [5, 5.41) is 12.0. The molecule has 0 aliphatic heterocycles. The highest BCUT2D eigenvalue weighted by Gasteiger charge is 2.23. The summed E-state index contributed by atoms with van der Waals surface area (Å²) in [5.41, 5.74) is 1.02. The molecule has 0 heterocycles. The molecule has 0 unspecified atom stereocenters. The highest BCUT2D eigenvalue weighted by atomic mass is 16.5. The zero-order valence-corrected chi connectivity index (χ0v) is 14.8. The molecule has 2 aromatic carbocycles. The molecule has 1 amide bonds. The number of carboxylic acid groups (broad SMARTS) is 1. The van der Waals surface area contributed by atoms with E-state index in [0.717, 1.165) is 0 Å². The summed E-state index contributed by atoms with van der Waals surface area (Å²) in [6.45, 7) is 0. The monoisotopic (exact) mass is 359 g/mol. The molecule has 7 heteroatoms. The van der Waals surface area contributed by atoms with Crippen molar-refractivity contribution >= 4 is 11.9 Å². The first-order chi connectivity index (χ1) is 12.5. The number of aliphatic carboxylic acids is 1. The zero-order chi connectivity index (χ0) is 19.1. The van der Waals surface area contributed by atoms with Gasteiger partial charge in [0, 0.05) is 12.0 Å². The second-order valence-electron chi connectivity index (χ2n) is 5.47. The van der Waals surface area contributed by atoms with E-state index >= 15 is 0 Å². The third kappa shape index (κ3) is 4.44. The molecule has 7 nitrogen and oxygen atoms in total. The summed E-state index contributed by atoms with van der Waals surface area (Å²) in [7, 11) is 4.44. The van der Waals surface area contributed by atoms with Crippen molar-refractivity contribution in [1.29, 1.82) is 0 Å². The fraction of sp³-hybridized carbons (Fsp3) is 0.263. The smallest absolute Gasteiger partial charge is 0.326 e. The zero-order valence-electron chi connectivity index (χ0n) is 14.8. The first kappa shape index (κ1) is 19.1. The van der Waals surface area contributed by atoms with Crippen LogP contribution in [0.3, 0.4) is 0 Å². The quantitative estimate of drug-likeness (QED) is 0.750. The minimum atomic E-state index is -1.14. The lowest BCUT2D eigenvalue weighted by Crippen LogP contribution is -2.42. The number of hydrogen-bond acceptors (Lipinski definition) is 5. The highest BCUT2D eigenvalue weighted by Crippen LogP contribution is 2.38. The summed E-state index contributed by atoms with van der Waals surface area (Å²) >= 11 is 0. The van der Waals surface area contributed by atoms with Crippen molar-refractivity contribution in [3.63, 3.8) is 0 Å². The van der Waals surface area contributed by atoms with Gasteiger partial charge in [-0.25, -0.2) is 4.79 Å². The Morgan fingerprint density at radius 2 is 1.58 bits per heavy atom. The molecular weight excluding hydrogens is 338 g/mol. The molecule has 2 aromatic rings. The van der Waals surface area contributed by atoms with Crippen molar-refractivity contribution in [3.05, 3.63) is 53.6 Å². The summed E-state index contributed by atoms with van der Waals surface area (Å²) < 4.78 is 15.8. The molecule has 0 radical (unpaired) electrons. The van der Waals surface area contributed by atoms with Gasteiger partial charge in [0.15, 0.2) is 11.5 Å². The van der Waals surface area contributed by atoms with Gasteiger partial charge in [-0.15, -0.1) is 0 Å². The van der Waals surface area contributed by atoms with Gasteiger partial charge in [0.05, 0.1) is 21.3 Å². The summed E-state index contributed by atoms with van der Waals surface area (Å²) in [4.78, 5) is 23.9. The molecule has 0 aliphatic rings. The van der Waals surface area contributed by atoms with E-state index in [-0.39, 0.29) is 6.42 Å². The van der Waals surface area contributed by atoms with E-state index in [9.17, 15) is 14.7 Å². The van der Waals surface area contributed by atoms with Gasteiger partial charge in [0.1, 0.15) is 6.04 Å². The Bertz CT molecular complexity index is 750. The molecule has 1 atom stereocenters. The number of methoxy groups -OCH3 is 3. The van der Waals surface area contributed by atoms with Crippen LogP contribution in [0.2, 0.25) is 0 Å². The van der Waals surface area contributed by atoms with Crippen LogP contribution in [0.5, 0.6) is 17.2 Å². The van der Waals surface area contributed by atoms with Gasteiger partial charge in [0.25, 0.3) is 5.91 Å². The normalized spacial score (nSPS) is 11.3. The second-order valence-corrected chi connectivity index (χ2v) is 5.47. The average molecular weight is 359 g/mol. The lowest BCUT2D eigenvalue weighted by molar-refractivity contribution is -0.139. The number of nitrogens with one attached hydrogen (secondary N) is 1. The third-order valence-corrected chi connectivity index (χ3v) is 3.80. The minimum Gasteiger partial charge on any atom is -0.493 e. The van der Waals surface area contributed by atoms with Crippen molar-refractivity contribution in [2.45, 2.75) is 12.5 Å². The molecule has 138 valence electrons. The number of benzene rings is 2. The number of carbonyl (C=O) groups is 2. The second kappa shape index (κ2) is 8.75. The lowest BCUT2D eigenvalue weighted by Gasteiger charge is -2.17. The van der Waals surface area contributed by atoms with Crippen LogP contribution >= 0.6 is 0 Å². The Balaban J connectivity index is 2.25. The fourth-order valence-electron chi connectivity index (χ4n) is 2.52. The average Bonchev–Trinajstić information content (AvgIpc) is 2.66. The maximum absolute atomic E-state index is 12.3. The molecule has 2 N–H and O–H groups in total. The largest absolute Gasteiger partial charge is 0.493 e. The van der Waals surface area contributed by atoms with Gasteiger partial charge in [0.2, 0.25) is 5.75 Å². The summed E-state index contributed by atoms with van der Waals surface area (Å²) in [5.74, 6) is -0.340. The van der Waals surface area contributed by atoms with E-state index in [0.29, 0.717) is 28.4 Å². The van der Waals surface area contributed by atoms with Crippen LogP contribution in [-0.2, 0) is 11.2 Å². The summed E-state index contributed by atoms with van der Waals surface area (Å²) in [6, 6.07) is 10.7. The predicted octanol–water partition coefficient (Wildman–Crippen LogP) is 2.14. The minimum absolute atomic E-state index is 0.0601. The van der Waals surface area contributed by atoms with Crippen LogP contribution in [0.4, 0.5) is 0 Å². The predicted molar refractivity (Wildman–Crippen MR) is 95.1 cm³/mol. The Labute approximate surface area is 151 Å². The van der Waals surface area contributed by atoms with Gasteiger partial charge < -0.3 is 24.6 Å². The van der Waals surface area contributed by atoms with Crippen molar-refractivity contribution in [1.82, 2.24) is 5.32 Å². The number of ether oxygens (including phenoxy) is 3. The van der Waals surface area contributed by atoms with Crippen molar-refractivity contribution in [3.8, 4) is 17.2 Å². The Hall–Kier alpha value is -3.22. The van der Waals surface area contributed by atoms with Gasteiger partial charge >= 0.3 is 5.97 Å². The SMILES string of the molecule is COc1cc(C[C@H](NC(=O)c2ccccc2)C(=O)O)cc(OC)c1OC. The van der Waals surface area contributed by atoms with Crippen LogP contribution in [-0.4, -0.2) is 44.4 Å². The first-order valence-electron chi connectivity index (χ1n) is 7.87.